The van der Waals surface area contributed by atoms with E-state index in [4.69, 9.17) is 9.47 Å². The standard InChI is InChI=1S/C10H16N2O2/c1-2-4-12-7-10(6-11-12)14-9-3-5-13-8-9/h6-7,9H,2-5,8H2,1H3. The van der Waals surface area contributed by atoms with Crippen LogP contribution in [0.1, 0.15) is 19.8 Å². The van der Waals surface area contributed by atoms with E-state index in [1.54, 1.807) is 6.20 Å². The Hall–Kier alpha value is -1.03. The second-order valence-electron chi connectivity index (χ2n) is 3.54. The van der Waals surface area contributed by atoms with Gasteiger partial charge in [0.05, 0.1) is 25.6 Å². The molecule has 1 atom stereocenters. The summed E-state index contributed by atoms with van der Waals surface area (Å²) >= 11 is 0. The summed E-state index contributed by atoms with van der Waals surface area (Å²) in [7, 11) is 0. The van der Waals surface area contributed by atoms with E-state index in [0.29, 0.717) is 6.61 Å². The molecule has 1 aliphatic heterocycles. The lowest BCUT2D eigenvalue weighted by atomic mass is 10.3. The Balaban J connectivity index is 1.88. The molecule has 0 saturated carbocycles. The maximum atomic E-state index is 5.69. The molecule has 0 aromatic carbocycles. The summed E-state index contributed by atoms with van der Waals surface area (Å²) in [6, 6.07) is 0. The Morgan fingerprint density at radius 1 is 1.71 bits per heavy atom. The topological polar surface area (TPSA) is 36.3 Å². The van der Waals surface area contributed by atoms with Crippen LogP contribution < -0.4 is 4.74 Å². The highest BCUT2D eigenvalue weighted by Gasteiger charge is 2.17. The van der Waals surface area contributed by atoms with Crippen LogP contribution in [0.5, 0.6) is 5.75 Å². The number of aromatic nitrogens is 2. The van der Waals surface area contributed by atoms with Crippen LogP contribution in [-0.4, -0.2) is 29.1 Å². The van der Waals surface area contributed by atoms with Crippen molar-refractivity contribution in [1.29, 1.82) is 0 Å². The third kappa shape index (κ3) is 2.26. The molecule has 4 heteroatoms. The van der Waals surface area contributed by atoms with Gasteiger partial charge in [-0.3, -0.25) is 4.68 Å². The Morgan fingerprint density at radius 3 is 3.36 bits per heavy atom. The maximum absolute atomic E-state index is 5.69. The number of ether oxygens (including phenoxy) is 2. The monoisotopic (exact) mass is 196 g/mol. The van der Waals surface area contributed by atoms with Crippen molar-refractivity contribution in [3.63, 3.8) is 0 Å². The Labute approximate surface area is 83.8 Å². The molecule has 14 heavy (non-hydrogen) atoms. The normalized spacial score (nSPS) is 21.4. The van der Waals surface area contributed by atoms with Gasteiger partial charge in [-0.1, -0.05) is 6.92 Å². The highest BCUT2D eigenvalue weighted by atomic mass is 16.5. The van der Waals surface area contributed by atoms with Gasteiger partial charge in [-0.25, -0.2) is 0 Å². The van der Waals surface area contributed by atoms with Crippen LogP contribution in [0.3, 0.4) is 0 Å². The number of rotatable bonds is 4. The minimum Gasteiger partial charge on any atom is -0.485 e. The van der Waals surface area contributed by atoms with Gasteiger partial charge in [0.25, 0.3) is 0 Å². The van der Waals surface area contributed by atoms with E-state index in [2.05, 4.69) is 12.0 Å². The molecule has 1 unspecified atom stereocenters. The number of hydrogen-bond donors (Lipinski definition) is 0. The SMILES string of the molecule is CCCn1cc(OC2CCOC2)cn1. The molecular formula is C10H16N2O2. The zero-order valence-electron chi connectivity index (χ0n) is 8.48. The number of aryl methyl sites for hydroxylation is 1. The van der Waals surface area contributed by atoms with Crippen molar-refractivity contribution >= 4 is 0 Å². The summed E-state index contributed by atoms with van der Waals surface area (Å²) < 4.78 is 12.8. The summed E-state index contributed by atoms with van der Waals surface area (Å²) in [5.74, 6) is 0.856. The largest absolute Gasteiger partial charge is 0.485 e. The van der Waals surface area contributed by atoms with Crippen LogP contribution in [0.4, 0.5) is 0 Å². The lowest BCUT2D eigenvalue weighted by Crippen LogP contribution is -2.15. The van der Waals surface area contributed by atoms with Gasteiger partial charge >= 0.3 is 0 Å². The van der Waals surface area contributed by atoms with Crippen molar-refractivity contribution in [1.82, 2.24) is 9.78 Å². The Kier molecular flexibility index (Phi) is 3.03. The van der Waals surface area contributed by atoms with Gasteiger partial charge in [0.15, 0.2) is 5.75 Å². The first-order valence-corrected chi connectivity index (χ1v) is 5.15. The van der Waals surface area contributed by atoms with E-state index in [-0.39, 0.29) is 6.10 Å². The fourth-order valence-electron chi connectivity index (χ4n) is 1.56. The molecule has 1 fully saturated rings. The summed E-state index contributed by atoms with van der Waals surface area (Å²) in [6.07, 6.45) is 6.01. The highest BCUT2D eigenvalue weighted by molar-refractivity contribution is 5.12. The summed E-state index contributed by atoms with van der Waals surface area (Å²) in [5.41, 5.74) is 0. The van der Waals surface area contributed by atoms with Crippen molar-refractivity contribution in [2.24, 2.45) is 0 Å². The fourth-order valence-corrected chi connectivity index (χ4v) is 1.56. The Morgan fingerprint density at radius 2 is 2.64 bits per heavy atom. The number of hydrogen-bond acceptors (Lipinski definition) is 3. The minimum atomic E-state index is 0.217. The molecule has 0 N–H and O–H groups in total. The van der Waals surface area contributed by atoms with E-state index in [9.17, 15) is 0 Å². The van der Waals surface area contributed by atoms with Crippen molar-refractivity contribution in [2.45, 2.75) is 32.4 Å². The average Bonchev–Trinajstić information content (AvgIpc) is 2.79. The second-order valence-corrected chi connectivity index (χ2v) is 3.54. The van der Waals surface area contributed by atoms with E-state index >= 15 is 0 Å². The molecule has 1 aromatic rings. The lowest BCUT2D eigenvalue weighted by Gasteiger charge is -2.08. The molecule has 0 aliphatic carbocycles. The fraction of sp³-hybridized carbons (Fsp3) is 0.700. The quantitative estimate of drug-likeness (QED) is 0.731. The van der Waals surface area contributed by atoms with Gasteiger partial charge in [0.1, 0.15) is 6.10 Å². The first-order chi connectivity index (χ1) is 6.88. The molecule has 0 amide bonds. The third-order valence-electron chi connectivity index (χ3n) is 2.25. The zero-order valence-corrected chi connectivity index (χ0v) is 8.48. The number of nitrogens with zero attached hydrogens (tertiary/aromatic N) is 2. The van der Waals surface area contributed by atoms with E-state index in [1.807, 2.05) is 10.9 Å². The van der Waals surface area contributed by atoms with Gasteiger partial charge in [-0.2, -0.15) is 5.10 Å². The Bertz CT molecular complexity index is 279. The maximum Gasteiger partial charge on any atom is 0.157 e. The first kappa shape index (κ1) is 9.52. The van der Waals surface area contributed by atoms with Crippen molar-refractivity contribution in [3.8, 4) is 5.75 Å². The average molecular weight is 196 g/mol. The molecule has 0 bridgehead atoms. The molecule has 78 valence electrons. The predicted molar refractivity (Wildman–Crippen MR) is 52.4 cm³/mol. The van der Waals surface area contributed by atoms with Crippen LogP contribution in [0, 0.1) is 0 Å². The molecular weight excluding hydrogens is 180 g/mol. The van der Waals surface area contributed by atoms with Gasteiger partial charge in [-0.15, -0.1) is 0 Å². The molecule has 2 heterocycles. The smallest absolute Gasteiger partial charge is 0.157 e. The van der Waals surface area contributed by atoms with Gasteiger partial charge in [0, 0.05) is 13.0 Å². The van der Waals surface area contributed by atoms with Gasteiger partial charge < -0.3 is 9.47 Å². The van der Waals surface area contributed by atoms with Gasteiger partial charge in [-0.05, 0) is 6.42 Å². The van der Waals surface area contributed by atoms with E-state index in [0.717, 1.165) is 31.7 Å². The minimum absolute atomic E-state index is 0.217. The van der Waals surface area contributed by atoms with Crippen LogP contribution in [0.25, 0.3) is 0 Å². The lowest BCUT2D eigenvalue weighted by molar-refractivity contribution is 0.141. The van der Waals surface area contributed by atoms with Crippen molar-refractivity contribution in [2.75, 3.05) is 13.2 Å². The van der Waals surface area contributed by atoms with Crippen LogP contribution in [-0.2, 0) is 11.3 Å². The van der Waals surface area contributed by atoms with Crippen molar-refractivity contribution in [3.05, 3.63) is 12.4 Å². The highest BCUT2D eigenvalue weighted by Crippen LogP contribution is 2.15. The molecule has 1 saturated heterocycles. The molecule has 0 spiro atoms. The van der Waals surface area contributed by atoms with Crippen LogP contribution in [0.15, 0.2) is 12.4 Å². The first-order valence-electron chi connectivity index (χ1n) is 5.15. The zero-order chi connectivity index (χ0) is 9.80. The molecule has 4 nitrogen and oxygen atoms in total. The molecule has 2 rings (SSSR count). The van der Waals surface area contributed by atoms with Crippen molar-refractivity contribution < 1.29 is 9.47 Å². The molecule has 0 radical (unpaired) electrons. The summed E-state index contributed by atoms with van der Waals surface area (Å²) in [6.45, 7) is 4.60. The summed E-state index contributed by atoms with van der Waals surface area (Å²) in [5, 5.41) is 4.20. The van der Waals surface area contributed by atoms with Crippen LogP contribution >= 0.6 is 0 Å². The van der Waals surface area contributed by atoms with Gasteiger partial charge in [0.2, 0.25) is 0 Å². The second kappa shape index (κ2) is 4.46. The predicted octanol–water partition coefficient (Wildman–Crippen LogP) is 1.46. The van der Waals surface area contributed by atoms with Crippen LogP contribution in [0.2, 0.25) is 0 Å². The third-order valence-corrected chi connectivity index (χ3v) is 2.25. The van der Waals surface area contributed by atoms with E-state index < -0.39 is 0 Å². The van der Waals surface area contributed by atoms with E-state index in [1.165, 1.54) is 0 Å². The molecule has 1 aliphatic rings. The molecule has 1 aromatic heterocycles. The summed E-state index contributed by atoms with van der Waals surface area (Å²) in [4.78, 5) is 0.